The van der Waals surface area contributed by atoms with Gasteiger partial charge in [-0.3, -0.25) is 14.5 Å². The smallest absolute Gasteiger partial charge is 0.237 e. The first-order valence-corrected chi connectivity index (χ1v) is 10.4. The first-order valence-electron chi connectivity index (χ1n) is 10.4. The quantitative estimate of drug-likeness (QED) is 0.645. The van der Waals surface area contributed by atoms with Crippen molar-refractivity contribution in [3.8, 4) is 5.75 Å². The first kappa shape index (κ1) is 22.2. The van der Waals surface area contributed by atoms with Crippen LogP contribution < -0.4 is 15.4 Å². The van der Waals surface area contributed by atoms with Crippen molar-refractivity contribution in [3.63, 3.8) is 0 Å². The molecule has 0 unspecified atom stereocenters. The molecule has 1 saturated heterocycles. The van der Waals surface area contributed by atoms with Crippen molar-refractivity contribution in [2.75, 3.05) is 26.2 Å². The Balaban J connectivity index is 1.77. The van der Waals surface area contributed by atoms with Gasteiger partial charge in [0.2, 0.25) is 11.8 Å². The summed E-state index contributed by atoms with van der Waals surface area (Å²) < 4.78 is 5.64. The van der Waals surface area contributed by atoms with Gasteiger partial charge in [-0.05, 0) is 56.8 Å². The summed E-state index contributed by atoms with van der Waals surface area (Å²) in [6.45, 7) is 11.2. The van der Waals surface area contributed by atoms with Gasteiger partial charge in [-0.1, -0.05) is 26.0 Å². The maximum Gasteiger partial charge on any atom is 0.237 e. The SMILES string of the molecule is CC(C)CCN1CCNC(=O)[C@@H]1CC(=O)NCCc1ccc(OC(C)C)cc1. The molecule has 6 nitrogen and oxygen atoms in total. The maximum atomic E-state index is 12.4. The van der Waals surface area contributed by atoms with E-state index >= 15 is 0 Å². The number of carbonyl (C=O) groups excluding carboxylic acids is 2. The minimum Gasteiger partial charge on any atom is -0.491 e. The second-order valence-electron chi connectivity index (χ2n) is 8.14. The monoisotopic (exact) mass is 389 g/mol. The zero-order valence-corrected chi connectivity index (χ0v) is 17.7. The van der Waals surface area contributed by atoms with Gasteiger partial charge in [-0.15, -0.1) is 0 Å². The molecule has 1 aliphatic rings. The van der Waals surface area contributed by atoms with Gasteiger partial charge in [-0.2, -0.15) is 0 Å². The molecule has 6 heteroatoms. The van der Waals surface area contributed by atoms with Gasteiger partial charge >= 0.3 is 0 Å². The Morgan fingerprint density at radius 2 is 1.96 bits per heavy atom. The lowest BCUT2D eigenvalue weighted by molar-refractivity contribution is -0.134. The van der Waals surface area contributed by atoms with Crippen LogP contribution in [0.4, 0.5) is 0 Å². The molecule has 0 spiro atoms. The van der Waals surface area contributed by atoms with E-state index in [0.29, 0.717) is 19.0 Å². The third-order valence-corrected chi connectivity index (χ3v) is 4.85. The van der Waals surface area contributed by atoms with Crippen LogP contribution in [0, 0.1) is 5.92 Å². The number of hydrogen-bond acceptors (Lipinski definition) is 4. The second-order valence-corrected chi connectivity index (χ2v) is 8.14. The number of benzene rings is 1. The Morgan fingerprint density at radius 1 is 1.25 bits per heavy atom. The molecule has 1 aromatic rings. The highest BCUT2D eigenvalue weighted by Gasteiger charge is 2.31. The Labute approximate surface area is 169 Å². The number of carbonyl (C=O) groups is 2. The van der Waals surface area contributed by atoms with Gasteiger partial charge in [0.1, 0.15) is 5.75 Å². The summed E-state index contributed by atoms with van der Waals surface area (Å²) in [5, 5.41) is 5.84. The lowest BCUT2D eigenvalue weighted by atomic mass is 10.1. The van der Waals surface area contributed by atoms with Gasteiger partial charge in [-0.25, -0.2) is 0 Å². The lowest BCUT2D eigenvalue weighted by Gasteiger charge is -2.35. The van der Waals surface area contributed by atoms with Crippen molar-refractivity contribution in [1.29, 1.82) is 0 Å². The van der Waals surface area contributed by atoms with E-state index in [0.717, 1.165) is 37.2 Å². The topological polar surface area (TPSA) is 70.7 Å². The van der Waals surface area contributed by atoms with Crippen LogP contribution in [0.15, 0.2) is 24.3 Å². The Bertz CT molecular complexity index is 628. The third kappa shape index (κ3) is 7.50. The van der Waals surface area contributed by atoms with Gasteiger partial charge < -0.3 is 15.4 Å². The van der Waals surface area contributed by atoms with Crippen molar-refractivity contribution in [2.45, 2.75) is 59.1 Å². The van der Waals surface area contributed by atoms with Gasteiger partial charge in [0.05, 0.1) is 18.6 Å². The summed E-state index contributed by atoms with van der Waals surface area (Å²) in [6.07, 6.45) is 2.15. The molecule has 0 radical (unpaired) electrons. The number of piperazine rings is 1. The number of hydrogen-bond donors (Lipinski definition) is 2. The van der Waals surface area contributed by atoms with Gasteiger partial charge in [0, 0.05) is 19.6 Å². The zero-order chi connectivity index (χ0) is 20.5. The molecule has 28 heavy (non-hydrogen) atoms. The zero-order valence-electron chi connectivity index (χ0n) is 17.7. The highest BCUT2D eigenvalue weighted by atomic mass is 16.5. The highest BCUT2D eigenvalue weighted by molar-refractivity contribution is 5.88. The van der Waals surface area contributed by atoms with Crippen molar-refractivity contribution in [3.05, 3.63) is 29.8 Å². The van der Waals surface area contributed by atoms with E-state index in [1.54, 1.807) is 0 Å². The number of amides is 2. The van der Waals surface area contributed by atoms with Gasteiger partial charge in [0.25, 0.3) is 0 Å². The van der Waals surface area contributed by atoms with Crippen LogP contribution in [0.25, 0.3) is 0 Å². The van der Waals surface area contributed by atoms with E-state index in [4.69, 9.17) is 4.74 Å². The standard InChI is InChI=1S/C22H35N3O3/c1-16(2)10-13-25-14-12-24-22(27)20(25)15-21(26)23-11-9-18-5-7-19(8-6-18)28-17(3)4/h5-8,16-17,20H,9-15H2,1-4H3,(H,23,26)(H,24,27)/t20-/m0/s1. The summed E-state index contributed by atoms with van der Waals surface area (Å²) in [4.78, 5) is 26.8. The van der Waals surface area contributed by atoms with Crippen LogP contribution in [0.5, 0.6) is 5.75 Å². The maximum absolute atomic E-state index is 12.4. The van der Waals surface area contributed by atoms with Crippen molar-refractivity contribution < 1.29 is 14.3 Å². The van der Waals surface area contributed by atoms with Crippen molar-refractivity contribution >= 4 is 11.8 Å². The second kappa shape index (κ2) is 11.1. The summed E-state index contributed by atoms with van der Waals surface area (Å²) in [6, 6.07) is 7.59. The molecule has 2 amide bonds. The normalized spacial score (nSPS) is 17.6. The molecule has 1 fully saturated rings. The molecule has 1 aromatic carbocycles. The van der Waals surface area contributed by atoms with E-state index in [1.165, 1.54) is 0 Å². The third-order valence-electron chi connectivity index (χ3n) is 4.85. The van der Waals surface area contributed by atoms with Crippen molar-refractivity contribution in [1.82, 2.24) is 15.5 Å². The number of nitrogens with zero attached hydrogens (tertiary/aromatic N) is 1. The molecular formula is C22H35N3O3. The minimum atomic E-state index is -0.361. The highest BCUT2D eigenvalue weighted by Crippen LogP contribution is 2.14. The molecule has 1 atom stereocenters. The fourth-order valence-corrected chi connectivity index (χ4v) is 3.28. The number of ether oxygens (including phenoxy) is 1. The minimum absolute atomic E-state index is 0.0362. The van der Waals surface area contributed by atoms with E-state index in [2.05, 4.69) is 29.4 Å². The summed E-state index contributed by atoms with van der Waals surface area (Å²) in [5.41, 5.74) is 1.14. The number of nitrogens with one attached hydrogen (secondary N) is 2. The van der Waals surface area contributed by atoms with Crippen LogP contribution >= 0.6 is 0 Å². The Morgan fingerprint density at radius 3 is 2.61 bits per heavy atom. The lowest BCUT2D eigenvalue weighted by Crippen LogP contribution is -2.56. The molecular weight excluding hydrogens is 354 g/mol. The molecule has 1 aliphatic heterocycles. The van der Waals surface area contributed by atoms with E-state index in [-0.39, 0.29) is 30.4 Å². The Hall–Kier alpha value is -2.08. The predicted molar refractivity (Wildman–Crippen MR) is 111 cm³/mol. The molecule has 156 valence electrons. The van der Waals surface area contributed by atoms with Crippen molar-refractivity contribution in [2.24, 2.45) is 5.92 Å². The van der Waals surface area contributed by atoms with Crippen LogP contribution in [0.3, 0.4) is 0 Å². The molecule has 0 aromatic heterocycles. The average Bonchev–Trinajstić information content (AvgIpc) is 2.63. The number of rotatable bonds is 10. The summed E-state index contributed by atoms with van der Waals surface area (Å²) in [5.74, 6) is 1.33. The van der Waals surface area contributed by atoms with Crippen LogP contribution in [0.1, 0.15) is 46.1 Å². The molecule has 1 heterocycles. The van der Waals surface area contributed by atoms with Crippen LogP contribution in [-0.4, -0.2) is 55.0 Å². The van der Waals surface area contributed by atoms with Crippen LogP contribution in [0.2, 0.25) is 0 Å². The van der Waals surface area contributed by atoms with E-state index < -0.39 is 0 Å². The average molecular weight is 390 g/mol. The largest absolute Gasteiger partial charge is 0.491 e. The fourth-order valence-electron chi connectivity index (χ4n) is 3.28. The molecule has 2 N–H and O–H groups in total. The van der Waals surface area contributed by atoms with Gasteiger partial charge in [0.15, 0.2) is 0 Å². The molecule has 0 aliphatic carbocycles. The van der Waals surface area contributed by atoms with E-state index in [9.17, 15) is 9.59 Å². The molecule has 2 rings (SSSR count). The Kier molecular flexibility index (Phi) is 8.77. The predicted octanol–water partition coefficient (Wildman–Crippen LogP) is 2.37. The fraction of sp³-hybridized carbons (Fsp3) is 0.636. The summed E-state index contributed by atoms with van der Waals surface area (Å²) in [7, 11) is 0. The summed E-state index contributed by atoms with van der Waals surface area (Å²) >= 11 is 0. The molecule has 0 bridgehead atoms. The van der Waals surface area contributed by atoms with E-state index in [1.807, 2.05) is 38.1 Å². The first-order chi connectivity index (χ1) is 13.3. The molecule has 0 saturated carbocycles. The van der Waals surface area contributed by atoms with Crippen LogP contribution in [-0.2, 0) is 16.0 Å².